The molecule has 0 bridgehead atoms. The van der Waals surface area contributed by atoms with Gasteiger partial charge >= 0.3 is 5.97 Å². The van der Waals surface area contributed by atoms with Gasteiger partial charge in [-0.1, -0.05) is 24.3 Å². The van der Waals surface area contributed by atoms with Crippen molar-refractivity contribution < 1.29 is 9.53 Å². The molecule has 2 aromatic rings. The first-order valence-corrected chi connectivity index (χ1v) is 12.1. The molecule has 0 saturated carbocycles. The van der Waals surface area contributed by atoms with Crippen LogP contribution in [0.3, 0.4) is 0 Å². The molecule has 2 saturated heterocycles. The fraction of sp³-hybridized carbons (Fsp3) is 0.538. The average Bonchev–Trinajstić information content (AvgIpc) is 2.82. The maximum atomic E-state index is 12.5. The summed E-state index contributed by atoms with van der Waals surface area (Å²) in [7, 11) is 2.20. The molecule has 3 heterocycles. The van der Waals surface area contributed by atoms with Crippen LogP contribution < -0.4 is 4.90 Å². The van der Waals surface area contributed by atoms with E-state index in [1.165, 1.54) is 11.1 Å². The summed E-state index contributed by atoms with van der Waals surface area (Å²) in [6, 6.07) is 12.7. The van der Waals surface area contributed by atoms with Gasteiger partial charge in [0, 0.05) is 71.6 Å². The molecule has 2 aliphatic heterocycles. The molecule has 0 spiro atoms. The maximum absolute atomic E-state index is 12.5. The van der Waals surface area contributed by atoms with Gasteiger partial charge < -0.3 is 14.5 Å². The van der Waals surface area contributed by atoms with E-state index < -0.39 is 0 Å². The molecule has 0 amide bonds. The van der Waals surface area contributed by atoms with Crippen molar-refractivity contribution in [2.24, 2.45) is 0 Å². The smallest absolute Gasteiger partial charge is 0.342 e. The molecule has 2 aliphatic rings. The third-order valence-electron chi connectivity index (χ3n) is 6.45. The lowest BCUT2D eigenvalue weighted by Crippen LogP contribution is -2.46. The molecule has 2 fully saturated rings. The fourth-order valence-corrected chi connectivity index (χ4v) is 4.48. The van der Waals surface area contributed by atoms with Crippen molar-refractivity contribution in [1.29, 1.82) is 0 Å². The Morgan fingerprint density at radius 3 is 1.97 bits per heavy atom. The number of pyridine rings is 1. The molecule has 4 rings (SSSR count). The van der Waals surface area contributed by atoms with Crippen LogP contribution in [0.25, 0.3) is 0 Å². The highest BCUT2D eigenvalue weighted by Gasteiger charge is 2.24. The number of aromatic nitrogens is 1. The zero-order valence-corrected chi connectivity index (χ0v) is 20.2. The van der Waals surface area contributed by atoms with E-state index in [1.807, 2.05) is 19.9 Å². The van der Waals surface area contributed by atoms with Crippen LogP contribution >= 0.6 is 0 Å². The van der Waals surface area contributed by atoms with Gasteiger partial charge in [0.05, 0.1) is 6.10 Å². The molecular weight excluding hydrogens is 414 g/mol. The van der Waals surface area contributed by atoms with Gasteiger partial charge in [-0.2, -0.15) is 0 Å². The van der Waals surface area contributed by atoms with Gasteiger partial charge in [0.25, 0.3) is 0 Å². The Kier molecular flexibility index (Phi) is 7.96. The predicted octanol–water partition coefficient (Wildman–Crippen LogP) is 2.72. The first-order chi connectivity index (χ1) is 16.0. The topological polar surface area (TPSA) is 52.2 Å². The van der Waals surface area contributed by atoms with Gasteiger partial charge in [-0.25, -0.2) is 9.78 Å². The van der Waals surface area contributed by atoms with Gasteiger partial charge in [-0.15, -0.1) is 0 Å². The van der Waals surface area contributed by atoms with Crippen molar-refractivity contribution in [2.45, 2.75) is 33.0 Å². The Morgan fingerprint density at radius 2 is 1.42 bits per heavy atom. The minimum absolute atomic E-state index is 0.143. The number of hydrogen-bond donors (Lipinski definition) is 0. The first kappa shape index (κ1) is 23.7. The molecule has 0 aliphatic carbocycles. The second kappa shape index (κ2) is 11.1. The van der Waals surface area contributed by atoms with Crippen molar-refractivity contribution in [3.05, 3.63) is 59.3 Å². The standard InChI is InChI=1S/C26H37N5O2/c1-21(2)33-26(32)24-5-4-10-27-25(24)31-17-15-30(16-18-31)20-23-8-6-22(7-9-23)19-29-13-11-28(3)12-14-29/h4-10,21H,11-20H2,1-3H3. The number of rotatable bonds is 7. The van der Waals surface area contributed by atoms with Crippen LogP contribution in [-0.4, -0.2) is 91.2 Å². The number of benzene rings is 1. The number of hydrogen-bond acceptors (Lipinski definition) is 7. The lowest BCUT2D eigenvalue weighted by molar-refractivity contribution is 0.0378. The van der Waals surface area contributed by atoms with Crippen molar-refractivity contribution in [3.63, 3.8) is 0 Å². The molecule has 1 aromatic heterocycles. The summed E-state index contributed by atoms with van der Waals surface area (Å²) in [4.78, 5) is 26.6. The third-order valence-corrected chi connectivity index (χ3v) is 6.45. The average molecular weight is 452 g/mol. The highest BCUT2D eigenvalue weighted by Crippen LogP contribution is 2.21. The van der Waals surface area contributed by atoms with E-state index in [2.05, 4.69) is 55.9 Å². The van der Waals surface area contributed by atoms with Crippen molar-refractivity contribution >= 4 is 11.8 Å². The summed E-state index contributed by atoms with van der Waals surface area (Å²) in [5.41, 5.74) is 3.30. The summed E-state index contributed by atoms with van der Waals surface area (Å²) >= 11 is 0. The zero-order chi connectivity index (χ0) is 23.2. The van der Waals surface area contributed by atoms with E-state index in [-0.39, 0.29) is 12.1 Å². The normalized spacial score (nSPS) is 18.6. The highest BCUT2D eigenvalue weighted by atomic mass is 16.5. The molecule has 1 aromatic carbocycles. The lowest BCUT2D eigenvalue weighted by atomic mass is 10.1. The Balaban J connectivity index is 1.28. The first-order valence-electron chi connectivity index (χ1n) is 12.1. The van der Waals surface area contributed by atoms with Crippen molar-refractivity contribution in [2.75, 3.05) is 64.3 Å². The molecule has 33 heavy (non-hydrogen) atoms. The second-order valence-corrected chi connectivity index (χ2v) is 9.49. The molecule has 0 radical (unpaired) electrons. The molecule has 0 unspecified atom stereocenters. The maximum Gasteiger partial charge on any atom is 0.342 e. The van der Waals surface area contributed by atoms with Crippen LogP contribution in [0.5, 0.6) is 0 Å². The zero-order valence-electron chi connectivity index (χ0n) is 20.2. The number of nitrogens with zero attached hydrogens (tertiary/aromatic N) is 5. The monoisotopic (exact) mass is 451 g/mol. The largest absolute Gasteiger partial charge is 0.459 e. The molecule has 178 valence electrons. The number of carbonyl (C=O) groups excluding carboxylic acids is 1. The van der Waals surface area contributed by atoms with E-state index in [9.17, 15) is 4.79 Å². The molecule has 0 atom stereocenters. The summed E-state index contributed by atoms with van der Waals surface area (Å²) in [6.45, 7) is 13.9. The Morgan fingerprint density at radius 1 is 0.879 bits per heavy atom. The van der Waals surface area contributed by atoms with Crippen molar-refractivity contribution in [1.82, 2.24) is 19.7 Å². The predicted molar refractivity (Wildman–Crippen MR) is 131 cm³/mol. The molecule has 7 heteroatoms. The van der Waals surface area contributed by atoms with Crippen LogP contribution in [0.2, 0.25) is 0 Å². The van der Waals surface area contributed by atoms with Gasteiger partial charge in [-0.3, -0.25) is 9.80 Å². The number of esters is 1. The number of carbonyl (C=O) groups is 1. The van der Waals surface area contributed by atoms with Gasteiger partial charge in [0.15, 0.2) is 0 Å². The molecular formula is C26H37N5O2. The fourth-order valence-electron chi connectivity index (χ4n) is 4.48. The number of piperazine rings is 2. The Hall–Kier alpha value is -2.48. The number of likely N-dealkylation sites (N-methyl/N-ethyl adjacent to an activating group) is 1. The molecule has 0 N–H and O–H groups in total. The molecule has 7 nitrogen and oxygen atoms in total. The van der Waals surface area contributed by atoms with E-state index in [1.54, 1.807) is 12.3 Å². The Bertz CT molecular complexity index is 901. The minimum Gasteiger partial charge on any atom is -0.459 e. The Labute approximate surface area is 197 Å². The lowest BCUT2D eigenvalue weighted by Gasteiger charge is -2.36. The van der Waals surface area contributed by atoms with E-state index >= 15 is 0 Å². The van der Waals surface area contributed by atoms with E-state index in [4.69, 9.17) is 4.74 Å². The van der Waals surface area contributed by atoms with Crippen LogP contribution in [0, 0.1) is 0 Å². The van der Waals surface area contributed by atoms with Crippen molar-refractivity contribution in [3.8, 4) is 0 Å². The second-order valence-electron chi connectivity index (χ2n) is 9.49. The highest BCUT2D eigenvalue weighted by molar-refractivity contribution is 5.94. The van der Waals surface area contributed by atoms with Crippen LogP contribution in [0.15, 0.2) is 42.6 Å². The van der Waals surface area contributed by atoms with Gasteiger partial charge in [0.2, 0.25) is 0 Å². The summed E-state index contributed by atoms with van der Waals surface area (Å²) in [5, 5.41) is 0. The SMILES string of the molecule is CC(C)OC(=O)c1cccnc1N1CCN(Cc2ccc(CN3CCN(C)CC3)cc2)CC1. The number of anilines is 1. The van der Waals surface area contributed by atoms with Crippen LogP contribution in [-0.2, 0) is 17.8 Å². The van der Waals surface area contributed by atoms with Crippen LogP contribution in [0.4, 0.5) is 5.82 Å². The van der Waals surface area contributed by atoms with E-state index in [0.717, 1.165) is 71.3 Å². The van der Waals surface area contributed by atoms with Gasteiger partial charge in [0.1, 0.15) is 11.4 Å². The van der Waals surface area contributed by atoms with Gasteiger partial charge in [-0.05, 0) is 44.2 Å². The van der Waals surface area contributed by atoms with Crippen LogP contribution in [0.1, 0.15) is 35.3 Å². The minimum atomic E-state index is -0.299. The summed E-state index contributed by atoms with van der Waals surface area (Å²) in [6.07, 6.45) is 1.60. The summed E-state index contributed by atoms with van der Waals surface area (Å²) in [5.74, 6) is 0.434. The quantitative estimate of drug-likeness (QED) is 0.600. The van der Waals surface area contributed by atoms with E-state index in [0.29, 0.717) is 5.56 Å². The number of ether oxygens (including phenoxy) is 1. The summed E-state index contributed by atoms with van der Waals surface area (Å²) < 4.78 is 5.41. The third kappa shape index (κ3) is 6.53.